The van der Waals surface area contributed by atoms with Crippen LogP contribution in [0.15, 0.2) is 29.3 Å². The number of guanidine groups is 1. The zero-order chi connectivity index (χ0) is 15.6. The van der Waals surface area contributed by atoms with Crippen LogP contribution in [0.25, 0.3) is 0 Å². The summed E-state index contributed by atoms with van der Waals surface area (Å²) in [6.45, 7) is 3.10. The molecule has 128 valence electrons. The van der Waals surface area contributed by atoms with Crippen LogP contribution >= 0.6 is 24.0 Å². The Bertz CT molecular complexity index is 506. The first kappa shape index (κ1) is 19.5. The predicted molar refractivity (Wildman–Crippen MR) is 100 cm³/mol. The fourth-order valence-electron chi connectivity index (χ4n) is 2.05. The highest BCUT2D eigenvalue weighted by molar-refractivity contribution is 14.0. The van der Waals surface area contributed by atoms with Gasteiger partial charge in [-0.1, -0.05) is 12.1 Å². The molecule has 0 saturated carbocycles. The SMILES string of the molecule is COC(=O)CCCOc1ccc(CNC2=NCCCN2)cc1.I. The van der Waals surface area contributed by atoms with Gasteiger partial charge in [-0.3, -0.25) is 9.79 Å². The van der Waals surface area contributed by atoms with Gasteiger partial charge in [0.15, 0.2) is 5.96 Å². The number of nitrogens with zero attached hydrogens (tertiary/aromatic N) is 1. The van der Waals surface area contributed by atoms with E-state index in [0.29, 0.717) is 19.4 Å². The van der Waals surface area contributed by atoms with E-state index < -0.39 is 0 Å². The van der Waals surface area contributed by atoms with Crippen molar-refractivity contribution in [2.24, 2.45) is 4.99 Å². The van der Waals surface area contributed by atoms with Gasteiger partial charge in [0.2, 0.25) is 0 Å². The minimum Gasteiger partial charge on any atom is -0.494 e. The number of benzene rings is 1. The van der Waals surface area contributed by atoms with Crippen molar-refractivity contribution >= 4 is 35.9 Å². The normalized spacial score (nSPS) is 13.2. The second kappa shape index (κ2) is 11.1. The molecule has 0 atom stereocenters. The Morgan fingerprint density at radius 1 is 1.35 bits per heavy atom. The molecule has 1 aromatic rings. The lowest BCUT2D eigenvalue weighted by Gasteiger charge is -2.16. The molecule has 0 spiro atoms. The Hall–Kier alpha value is -1.51. The topological polar surface area (TPSA) is 72.0 Å². The summed E-state index contributed by atoms with van der Waals surface area (Å²) in [5.41, 5.74) is 1.16. The second-order valence-electron chi connectivity index (χ2n) is 5.04. The predicted octanol–water partition coefficient (Wildman–Crippen LogP) is 2.08. The van der Waals surface area contributed by atoms with Crippen molar-refractivity contribution in [1.29, 1.82) is 0 Å². The molecule has 0 saturated heterocycles. The first-order valence-corrected chi connectivity index (χ1v) is 7.58. The average Bonchev–Trinajstić information content (AvgIpc) is 2.58. The highest BCUT2D eigenvalue weighted by Gasteiger charge is 2.03. The van der Waals surface area contributed by atoms with Crippen LogP contribution in [0.2, 0.25) is 0 Å². The Kier molecular flexibility index (Phi) is 9.42. The van der Waals surface area contributed by atoms with Crippen molar-refractivity contribution in [3.05, 3.63) is 29.8 Å². The van der Waals surface area contributed by atoms with Crippen LogP contribution < -0.4 is 15.4 Å². The molecule has 1 heterocycles. The van der Waals surface area contributed by atoms with Gasteiger partial charge in [-0.2, -0.15) is 0 Å². The van der Waals surface area contributed by atoms with Crippen molar-refractivity contribution < 1.29 is 14.3 Å². The van der Waals surface area contributed by atoms with Gasteiger partial charge in [0.1, 0.15) is 5.75 Å². The third kappa shape index (κ3) is 7.54. The molecular weight excluding hydrogens is 409 g/mol. The van der Waals surface area contributed by atoms with E-state index in [1.807, 2.05) is 24.3 Å². The van der Waals surface area contributed by atoms with Gasteiger partial charge in [0.25, 0.3) is 0 Å². The van der Waals surface area contributed by atoms with E-state index in [-0.39, 0.29) is 29.9 Å². The number of hydrogen-bond acceptors (Lipinski definition) is 6. The second-order valence-corrected chi connectivity index (χ2v) is 5.04. The molecule has 0 aliphatic carbocycles. The van der Waals surface area contributed by atoms with E-state index in [1.54, 1.807) is 0 Å². The number of ether oxygens (including phenoxy) is 2. The van der Waals surface area contributed by atoms with E-state index in [2.05, 4.69) is 20.4 Å². The minimum atomic E-state index is -0.204. The van der Waals surface area contributed by atoms with Crippen molar-refractivity contribution in [3.8, 4) is 5.75 Å². The van der Waals surface area contributed by atoms with Gasteiger partial charge in [0.05, 0.1) is 13.7 Å². The number of halogens is 1. The van der Waals surface area contributed by atoms with Crippen LogP contribution in [0.1, 0.15) is 24.8 Å². The van der Waals surface area contributed by atoms with Gasteiger partial charge in [0, 0.05) is 26.1 Å². The molecule has 0 aromatic heterocycles. The zero-order valence-corrected chi connectivity index (χ0v) is 15.7. The van der Waals surface area contributed by atoms with Crippen molar-refractivity contribution in [2.45, 2.75) is 25.8 Å². The molecule has 0 unspecified atom stereocenters. The van der Waals surface area contributed by atoms with E-state index in [1.165, 1.54) is 7.11 Å². The fourth-order valence-corrected chi connectivity index (χ4v) is 2.05. The summed E-state index contributed by atoms with van der Waals surface area (Å²) in [6.07, 6.45) is 2.13. The quantitative estimate of drug-likeness (QED) is 0.392. The van der Waals surface area contributed by atoms with E-state index in [9.17, 15) is 4.79 Å². The van der Waals surface area contributed by atoms with Crippen molar-refractivity contribution in [3.63, 3.8) is 0 Å². The highest BCUT2D eigenvalue weighted by Crippen LogP contribution is 2.12. The largest absolute Gasteiger partial charge is 0.494 e. The molecule has 0 bridgehead atoms. The molecule has 0 fully saturated rings. The van der Waals surface area contributed by atoms with Crippen LogP contribution in [0.3, 0.4) is 0 Å². The molecule has 0 amide bonds. The lowest BCUT2D eigenvalue weighted by atomic mass is 10.2. The van der Waals surface area contributed by atoms with Crippen LogP contribution in [0.4, 0.5) is 0 Å². The molecule has 1 aliphatic heterocycles. The van der Waals surface area contributed by atoms with Gasteiger partial charge in [-0.05, 0) is 30.5 Å². The molecule has 2 N–H and O–H groups in total. The molecule has 7 heteroatoms. The molecule has 2 rings (SSSR count). The standard InChI is InChI=1S/C16H23N3O3.HI/c1-21-15(20)4-2-11-22-14-7-5-13(6-8-14)12-19-16-17-9-3-10-18-16;/h5-8H,2-4,9-12H2,1H3,(H2,17,18,19);1H. The summed E-state index contributed by atoms with van der Waals surface area (Å²) in [6, 6.07) is 7.91. The summed E-state index contributed by atoms with van der Waals surface area (Å²) >= 11 is 0. The number of methoxy groups -OCH3 is 1. The number of carbonyl (C=O) groups is 1. The van der Waals surface area contributed by atoms with Crippen LogP contribution in [0.5, 0.6) is 5.75 Å². The Morgan fingerprint density at radius 3 is 2.78 bits per heavy atom. The van der Waals surface area contributed by atoms with E-state index in [4.69, 9.17) is 4.74 Å². The van der Waals surface area contributed by atoms with Gasteiger partial charge in [-0.15, -0.1) is 24.0 Å². The summed E-state index contributed by atoms with van der Waals surface area (Å²) in [5.74, 6) is 1.47. The summed E-state index contributed by atoms with van der Waals surface area (Å²) in [5, 5.41) is 6.50. The summed E-state index contributed by atoms with van der Waals surface area (Å²) in [7, 11) is 1.39. The molecular formula is C16H24IN3O3. The highest BCUT2D eigenvalue weighted by atomic mass is 127. The first-order chi connectivity index (χ1) is 10.8. The fraction of sp³-hybridized carbons (Fsp3) is 0.500. The first-order valence-electron chi connectivity index (χ1n) is 7.58. The van der Waals surface area contributed by atoms with Gasteiger partial charge < -0.3 is 20.1 Å². The lowest BCUT2D eigenvalue weighted by molar-refractivity contribution is -0.140. The third-order valence-corrected chi connectivity index (χ3v) is 3.30. The van der Waals surface area contributed by atoms with Crippen molar-refractivity contribution in [2.75, 3.05) is 26.8 Å². The van der Waals surface area contributed by atoms with Crippen molar-refractivity contribution in [1.82, 2.24) is 10.6 Å². The molecule has 0 radical (unpaired) electrons. The number of rotatable bonds is 7. The number of nitrogens with one attached hydrogen (secondary N) is 2. The van der Waals surface area contributed by atoms with Gasteiger partial charge >= 0.3 is 5.97 Å². The molecule has 1 aliphatic rings. The number of aliphatic imine (C=N–C) groups is 1. The zero-order valence-electron chi connectivity index (χ0n) is 13.3. The minimum absolute atomic E-state index is 0. The smallest absolute Gasteiger partial charge is 0.305 e. The summed E-state index contributed by atoms with van der Waals surface area (Å²) in [4.78, 5) is 15.3. The lowest BCUT2D eigenvalue weighted by Crippen LogP contribution is -2.40. The summed E-state index contributed by atoms with van der Waals surface area (Å²) < 4.78 is 10.2. The van der Waals surface area contributed by atoms with Gasteiger partial charge in [-0.25, -0.2) is 0 Å². The van der Waals surface area contributed by atoms with E-state index >= 15 is 0 Å². The Balaban J connectivity index is 0.00000264. The maximum absolute atomic E-state index is 11.0. The molecule has 1 aromatic carbocycles. The maximum atomic E-state index is 11.0. The molecule has 6 nitrogen and oxygen atoms in total. The number of carbonyl (C=O) groups excluding carboxylic acids is 1. The molecule has 23 heavy (non-hydrogen) atoms. The number of hydrogen-bond donors (Lipinski definition) is 2. The Labute approximate surface area is 154 Å². The van der Waals surface area contributed by atoms with E-state index in [0.717, 1.165) is 43.3 Å². The Morgan fingerprint density at radius 2 is 2.13 bits per heavy atom. The third-order valence-electron chi connectivity index (χ3n) is 3.30. The average molecular weight is 433 g/mol. The van der Waals surface area contributed by atoms with Crippen LogP contribution in [-0.4, -0.2) is 38.7 Å². The maximum Gasteiger partial charge on any atom is 0.305 e. The van der Waals surface area contributed by atoms with Crippen LogP contribution in [-0.2, 0) is 16.1 Å². The number of esters is 1. The van der Waals surface area contributed by atoms with Crippen LogP contribution in [0, 0.1) is 0 Å². The monoisotopic (exact) mass is 433 g/mol.